The summed E-state index contributed by atoms with van der Waals surface area (Å²) in [6.07, 6.45) is 2.20. The van der Waals surface area contributed by atoms with E-state index in [0.29, 0.717) is 12.2 Å². The van der Waals surface area contributed by atoms with Crippen molar-refractivity contribution in [2.24, 2.45) is 0 Å². The molecule has 0 aromatic carbocycles. The lowest BCUT2D eigenvalue weighted by atomic mass is 10.2. The van der Waals surface area contributed by atoms with Gasteiger partial charge in [-0.15, -0.1) is 0 Å². The molecule has 0 fully saturated rings. The maximum atomic E-state index is 11.3. The first-order chi connectivity index (χ1) is 7.58. The molecule has 0 bridgehead atoms. The quantitative estimate of drug-likeness (QED) is 0.792. The predicted molar refractivity (Wildman–Crippen MR) is 59.1 cm³/mol. The zero-order valence-corrected chi connectivity index (χ0v) is 9.06. The van der Waals surface area contributed by atoms with Crippen LogP contribution in [0.2, 0.25) is 0 Å². The lowest BCUT2D eigenvalue weighted by Gasteiger charge is -2.03. The minimum atomic E-state index is -0.888. The topological polar surface area (TPSA) is 79.3 Å². The van der Waals surface area contributed by atoms with Gasteiger partial charge >= 0.3 is 5.97 Å². The molecule has 0 aliphatic heterocycles. The molecule has 0 radical (unpaired) electrons. The number of aliphatic carboxylic acids is 1. The van der Waals surface area contributed by atoms with E-state index in [0.717, 1.165) is 5.56 Å². The molecule has 1 amide bonds. The number of amides is 1. The largest absolute Gasteiger partial charge is 0.481 e. The normalized spacial score (nSPS) is 9.81. The van der Waals surface area contributed by atoms with Crippen LogP contribution in [-0.4, -0.2) is 22.0 Å². The first-order valence-corrected chi connectivity index (χ1v) is 5.02. The number of anilines is 1. The molecule has 1 aromatic heterocycles. The van der Waals surface area contributed by atoms with Gasteiger partial charge in [-0.05, 0) is 25.0 Å². The van der Waals surface area contributed by atoms with Gasteiger partial charge in [-0.25, -0.2) is 4.98 Å². The zero-order valence-electron chi connectivity index (χ0n) is 9.06. The van der Waals surface area contributed by atoms with Gasteiger partial charge in [-0.2, -0.15) is 0 Å². The minimum Gasteiger partial charge on any atom is -0.481 e. The van der Waals surface area contributed by atoms with Crippen LogP contribution in [0.15, 0.2) is 18.3 Å². The third-order valence-electron chi connectivity index (χ3n) is 1.97. The SMILES string of the molecule is Cc1ccc(NC(=O)CCCC(=O)O)nc1. The van der Waals surface area contributed by atoms with Gasteiger partial charge in [-0.3, -0.25) is 9.59 Å². The van der Waals surface area contributed by atoms with Gasteiger partial charge in [0.2, 0.25) is 5.91 Å². The van der Waals surface area contributed by atoms with Crippen molar-refractivity contribution in [3.63, 3.8) is 0 Å². The predicted octanol–water partition coefficient (Wildman–Crippen LogP) is 1.58. The van der Waals surface area contributed by atoms with Crippen molar-refractivity contribution >= 4 is 17.7 Å². The summed E-state index contributed by atoms with van der Waals surface area (Å²) in [5, 5.41) is 11.0. The average Bonchev–Trinajstić information content (AvgIpc) is 2.21. The molecular formula is C11H14N2O3. The van der Waals surface area contributed by atoms with E-state index in [2.05, 4.69) is 10.3 Å². The number of carboxylic acid groups (broad SMARTS) is 1. The summed E-state index contributed by atoms with van der Waals surface area (Å²) in [4.78, 5) is 25.6. The summed E-state index contributed by atoms with van der Waals surface area (Å²) in [6, 6.07) is 3.56. The number of aryl methyl sites for hydroxylation is 1. The average molecular weight is 222 g/mol. The Bertz CT molecular complexity index is 373. The van der Waals surface area contributed by atoms with Gasteiger partial charge < -0.3 is 10.4 Å². The molecule has 1 rings (SSSR count). The van der Waals surface area contributed by atoms with Crippen molar-refractivity contribution in [3.8, 4) is 0 Å². The number of rotatable bonds is 5. The van der Waals surface area contributed by atoms with Crippen LogP contribution < -0.4 is 5.32 Å². The first kappa shape index (κ1) is 12.2. The van der Waals surface area contributed by atoms with Gasteiger partial charge in [0.05, 0.1) is 0 Å². The fourth-order valence-electron chi connectivity index (χ4n) is 1.15. The lowest BCUT2D eigenvalue weighted by Crippen LogP contribution is -2.12. The molecule has 86 valence electrons. The Balaban J connectivity index is 2.34. The number of hydrogen-bond donors (Lipinski definition) is 2. The van der Waals surface area contributed by atoms with Crippen molar-refractivity contribution in [2.75, 3.05) is 5.32 Å². The summed E-state index contributed by atoms with van der Waals surface area (Å²) in [6.45, 7) is 1.91. The number of carboxylic acids is 1. The Morgan fingerprint density at radius 1 is 1.38 bits per heavy atom. The highest BCUT2D eigenvalue weighted by atomic mass is 16.4. The second kappa shape index (κ2) is 5.85. The van der Waals surface area contributed by atoms with Crippen LogP contribution in [0.25, 0.3) is 0 Å². The number of carbonyl (C=O) groups is 2. The van der Waals surface area contributed by atoms with E-state index in [1.54, 1.807) is 12.3 Å². The number of aromatic nitrogens is 1. The van der Waals surface area contributed by atoms with E-state index < -0.39 is 5.97 Å². The highest BCUT2D eigenvalue weighted by Crippen LogP contribution is 2.05. The fourth-order valence-corrected chi connectivity index (χ4v) is 1.15. The van der Waals surface area contributed by atoms with E-state index in [1.807, 2.05) is 13.0 Å². The van der Waals surface area contributed by atoms with Crippen LogP contribution in [0.3, 0.4) is 0 Å². The van der Waals surface area contributed by atoms with Crippen LogP contribution in [0.5, 0.6) is 0 Å². The molecule has 5 heteroatoms. The van der Waals surface area contributed by atoms with Crippen molar-refractivity contribution in [1.29, 1.82) is 0 Å². The monoisotopic (exact) mass is 222 g/mol. The number of hydrogen-bond acceptors (Lipinski definition) is 3. The van der Waals surface area contributed by atoms with Gasteiger partial charge in [-0.1, -0.05) is 6.07 Å². The van der Waals surface area contributed by atoms with Crippen LogP contribution in [0.4, 0.5) is 5.82 Å². The molecule has 0 unspecified atom stereocenters. The highest BCUT2D eigenvalue weighted by Gasteiger charge is 2.04. The molecule has 0 aliphatic carbocycles. The zero-order chi connectivity index (χ0) is 12.0. The summed E-state index contributed by atoms with van der Waals surface area (Å²) in [5.74, 6) is -0.607. The molecule has 5 nitrogen and oxygen atoms in total. The minimum absolute atomic E-state index is 0.00868. The third kappa shape index (κ3) is 4.54. The number of carbonyl (C=O) groups excluding carboxylic acids is 1. The van der Waals surface area contributed by atoms with Crippen LogP contribution in [0, 0.1) is 6.92 Å². The van der Waals surface area contributed by atoms with Crippen molar-refractivity contribution in [3.05, 3.63) is 23.9 Å². The molecular weight excluding hydrogens is 208 g/mol. The molecule has 16 heavy (non-hydrogen) atoms. The second-order valence-corrected chi connectivity index (χ2v) is 3.52. The third-order valence-corrected chi connectivity index (χ3v) is 1.97. The van der Waals surface area contributed by atoms with Gasteiger partial charge in [0.25, 0.3) is 0 Å². The fraction of sp³-hybridized carbons (Fsp3) is 0.364. The highest BCUT2D eigenvalue weighted by molar-refractivity contribution is 5.89. The Morgan fingerprint density at radius 2 is 2.12 bits per heavy atom. The van der Waals surface area contributed by atoms with E-state index in [9.17, 15) is 9.59 Å². The van der Waals surface area contributed by atoms with E-state index in [4.69, 9.17) is 5.11 Å². The van der Waals surface area contributed by atoms with Crippen LogP contribution in [0.1, 0.15) is 24.8 Å². The van der Waals surface area contributed by atoms with Gasteiger partial charge in [0, 0.05) is 19.0 Å². The molecule has 0 atom stereocenters. The molecule has 2 N–H and O–H groups in total. The first-order valence-electron chi connectivity index (χ1n) is 5.02. The van der Waals surface area contributed by atoms with Crippen molar-refractivity contribution < 1.29 is 14.7 Å². The molecule has 0 spiro atoms. The number of nitrogens with zero attached hydrogens (tertiary/aromatic N) is 1. The number of pyridine rings is 1. The molecule has 0 saturated carbocycles. The Labute approximate surface area is 93.5 Å². The molecule has 0 aliphatic rings. The van der Waals surface area contributed by atoms with E-state index in [-0.39, 0.29) is 18.7 Å². The lowest BCUT2D eigenvalue weighted by molar-refractivity contribution is -0.137. The summed E-state index contributed by atoms with van der Waals surface area (Å²) in [7, 11) is 0. The Kier molecular flexibility index (Phi) is 4.44. The maximum Gasteiger partial charge on any atom is 0.303 e. The molecule has 1 aromatic rings. The summed E-state index contributed by atoms with van der Waals surface area (Å²) in [5.41, 5.74) is 1.02. The Morgan fingerprint density at radius 3 is 2.69 bits per heavy atom. The van der Waals surface area contributed by atoms with E-state index in [1.165, 1.54) is 0 Å². The van der Waals surface area contributed by atoms with Gasteiger partial charge in [0.1, 0.15) is 5.82 Å². The van der Waals surface area contributed by atoms with E-state index >= 15 is 0 Å². The molecule has 1 heterocycles. The van der Waals surface area contributed by atoms with Crippen molar-refractivity contribution in [1.82, 2.24) is 4.98 Å². The number of nitrogens with one attached hydrogen (secondary N) is 1. The van der Waals surface area contributed by atoms with Gasteiger partial charge in [0.15, 0.2) is 0 Å². The summed E-state index contributed by atoms with van der Waals surface area (Å²) < 4.78 is 0. The van der Waals surface area contributed by atoms with Crippen LogP contribution in [-0.2, 0) is 9.59 Å². The molecule has 0 saturated heterocycles. The second-order valence-electron chi connectivity index (χ2n) is 3.52. The standard InChI is InChI=1S/C11H14N2O3/c1-8-5-6-9(12-7-8)13-10(14)3-2-4-11(15)16/h5-7H,2-4H2,1H3,(H,15,16)(H,12,13,14). The van der Waals surface area contributed by atoms with Crippen LogP contribution >= 0.6 is 0 Å². The van der Waals surface area contributed by atoms with Crippen molar-refractivity contribution in [2.45, 2.75) is 26.2 Å². The maximum absolute atomic E-state index is 11.3. The smallest absolute Gasteiger partial charge is 0.303 e. The Hall–Kier alpha value is -1.91. The summed E-state index contributed by atoms with van der Waals surface area (Å²) >= 11 is 0.